The molecule has 0 radical (unpaired) electrons. The Hall–Kier alpha value is -0.610. The van der Waals surface area contributed by atoms with E-state index in [9.17, 15) is 4.79 Å². The molecule has 3 fully saturated rings. The monoisotopic (exact) mass is 223 g/mol. The molecule has 1 saturated heterocycles. The molecular formula is C12H21N3O. The first-order chi connectivity index (χ1) is 7.80. The second-order valence-electron chi connectivity index (χ2n) is 5.40. The lowest BCUT2D eigenvalue weighted by molar-refractivity contribution is -0.143. The van der Waals surface area contributed by atoms with Gasteiger partial charge in [-0.15, -0.1) is 0 Å². The molecule has 16 heavy (non-hydrogen) atoms. The van der Waals surface area contributed by atoms with Crippen LogP contribution in [0.1, 0.15) is 32.1 Å². The second kappa shape index (κ2) is 4.00. The summed E-state index contributed by atoms with van der Waals surface area (Å²) in [4.78, 5) is 14.5. The molecule has 4 nitrogen and oxygen atoms in total. The Balaban J connectivity index is 1.65. The molecule has 3 aliphatic rings. The lowest BCUT2D eigenvalue weighted by Gasteiger charge is -2.45. The Morgan fingerprint density at radius 1 is 1.25 bits per heavy atom. The van der Waals surface area contributed by atoms with Crippen LogP contribution in [0.15, 0.2) is 0 Å². The van der Waals surface area contributed by atoms with Gasteiger partial charge in [-0.1, -0.05) is 0 Å². The van der Waals surface area contributed by atoms with Gasteiger partial charge in [0.15, 0.2) is 0 Å². The fourth-order valence-electron chi connectivity index (χ4n) is 2.74. The van der Waals surface area contributed by atoms with Crippen molar-refractivity contribution in [2.24, 2.45) is 0 Å². The van der Waals surface area contributed by atoms with Gasteiger partial charge in [0.25, 0.3) is 0 Å². The Labute approximate surface area is 96.8 Å². The average molecular weight is 223 g/mol. The third kappa shape index (κ3) is 1.84. The lowest BCUT2D eigenvalue weighted by Crippen LogP contribution is -2.64. The fraction of sp³-hybridized carbons (Fsp3) is 0.917. The number of amides is 1. The minimum Gasteiger partial charge on any atom is -0.339 e. The summed E-state index contributed by atoms with van der Waals surface area (Å²) < 4.78 is 0. The van der Waals surface area contributed by atoms with Crippen LogP contribution >= 0.6 is 0 Å². The van der Waals surface area contributed by atoms with Gasteiger partial charge in [0.1, 0.15) is 0 Å². The van der Waals surface area contributed by atoms with E-state index in [1.54, 1.807) is 0 Å². The Kier molecular flexibility index (Phi) is 2.64. The van der Waals surface area contributed by atoms with E-state index in [1.807, 2.05) is 4.90 Å². The first kappa shape index (κ1) is 10.5. The predicted molar refractivity (Wildman–Crippen MR) is 62.2 cm³/mol. The van der Waals surface area contributed by atoms with Crippen molar-refractivity contribution >= 4 is 5.91 Å². The largest absolute Gasteiger partial charge is 0.339 e. The molecule has 2 saturated carbocycles. The van der Waals surface area contributed by atoms with Crippen LogP contribution in [0.2, 0.25) is 0 Å². The molecule has 4 heteroatoms. The highest BCUT2D eigenvalue weighted by atomic mass is 16.2. The maximum Gasteiger partial charge on any atom is 0.242 e. The normalized spacial score (nSPS) is 28.6. The topological polar surface area (TPSA) is 44.4 Å². The summed E-state index contributed by atoms with van der Waals surface area (Å²) in [5.41, 5.74) is -0.168. The number of nitrogens with one attached hydrogen (secondary N) is 2. The van der Waals surface area contributed by atoms with Gasteiger partial charge in [0.2, 0.25) is 5.91 Å². The van der Waals surface area contributed by atoms with Gasteiger partial charge in [-0.05, 0) is 32.1 Å². The minimum absolute atomic E-state index is 0.168. The van der Waals surface area contributed by atoms with Gasteiger partial charge in [-0.25, -0.2) is 0 Å². The van der Waals surface area contributed by atoms with Crippen LogP contribution in [0.3, 0.4) is 0 Å². The highest BCUT2D eigenvalue weighted by Crippen LogP contribution is 2.37. The van der Waals surface area contributed by atoms with Crippen molar-refractivity contribution in [3.63, 3.8) is 0 Å². The molecule has 2 N–H and O–H groups in total. The van der Waals surface area contributed by atoms with Crippen LogP contribution in [-0.4, -0.2) is 48.6 Å². The molecule has 2 aliphatic carbocycles. The maximum atomic E-state index is 12.5. The highest BCUT2D eigenvalue weighted by Gasteiger charge is 2.48. The van der Waals surface area contributed by atoms with E-state index in [0.717, 1.165) is 39.0 Å². The summed E-state index contributed by atoms with van der Waals surface area (Å²) in [5, 5.41) is 6.89. The molecule has 0 unspecified atom stereocenters. The van der Waals surface area contributed by atoms with Gasteiger partial charge in [-0.2, -0.15) is 0 Å². The first-order valence-electron chi connectivity index (χ1n) is 6.58. The number of rotatable bonds is 3. The smallest absolute Gasteiger partial charge is 0.242 e. The molecule has 1 aliphatic heterocycles. The van der Waals surface area contributed by atoms with E-state index in [0.29, 0.717) is 11.9 Å². The van der Waals surface area contributed by atoms with Crippen molar-refractivity contribution in [3.05, 3.63) is 0 Å². The molecule has 0 aromatic heterocycles. The van der Waals surface area contributed by atoms with E-state index in [-0.39, 0.29) is 5.54 Å². The fourth-order valence-corrected chi connectivity index (χ4v) is 2.74. The average Bonchev–Trinajstić information content (AvgIpc) is 3.08. The van der Waals surface area contributed by atoms with Crippen LogP contribution in [0.4, 0.5) is 0 Å². The molecule has 0 atom stereocenters. The van der Waals surface area contributed by atoms with Crippen molar-refractivity contribution in [3.8, 4) is 0 Å². The zero-order valence-electron chi connectivity index (χ0n) is 9.80. The van der Waals surface area contributed by atoms with Gasteiger partial charge < -0.3 is 15.5 Å². The highest BCUT2D eigenvalue weighted by molar-refractivity contribution is 5.87. The van der Waals surface area contributed by atoms with Gasteiger partial charge in [-0.3, -0.25) is 4.79 Å². The third-order valence-electron chi connectivity index (χ3n) is 4.08. The number of piperazine rings is 1. The van der Waals surface area contributed by atoms with Crippen LogP contribution in [0.25, 0.3) is 0 Å². The van der Waals surface area contributed by atoms with E-state index in [1.165, 1.54) is 19.3 Å². The zero-order chi connectivity index (χ0) is 11.0. The molecule has 0 aromatic carbocycles. The van der Waals surface area contributed by atoms with Crippen LogP contribution in [0, 0.1) is 0 Å². The number of hydrogen-bond acceptors (Lipinski definition) is 3. The number of nitrogens with zero attached hydrogens (tertiary/aromatic N) is 1. The lowest BCUT2D eigenvalue weighted by atomic mass is 9.75. The SMILES string of the molecule is O=C(N1CCNCC1)C1(NC2CC2)CCC1. The van der Waals surface area contributed by atoms with Crippen LogP contribution < -0.4 is 10.6 Å². The number of carbonyl (C=O) groups excluding carboxylic acids is 1. The van der Waals surface area contributed by atoms with E-state index in [2.05, 4.69) is 10.6 Å². The first-order valence-corrected chi connectivity index (χ1v) is 6.58. The summed E-state index contributed by atoms with van der Waals surface area (Å²) in [5.74, 6) is 0.368. The molecule has 0 aromatic rings. The number of carbonyl (C=O) groups is 1. The molecule has 0 bridgehead atoms. The third-order valence-corrected chi connectivity index (χ3v) is 4.08. The van der Waals surface area contributed by atoms with Crippen LogP contribution in [-0.2, 0) is 4.79 Å². The second-order valence-corrected chi connectivity index (χ2v) is 5.40. The van der Waals surface area contributed by atoms with E-state index in [4.69, 9.17) is 0 Å². The van der Waals surface area contributed by atoms with Gasteiger partial charge >= 0.3 is 0 Å². The Morgan fingerprint density at radius 3 is 2.44 bits per heavy atom. The summed E-state index contributed by atoms with van der Waals surface area (Å²) in [6.07, 6.45) is 5.82. The van der Waals surface area contributed by atoms with Crippen molar-refractivity contribution in [2.75, 3.05) is 26.2 Å². The van der Waals surface area contributed by atoms with Crippen molar-refractivity contribution in [1.82, 2.24) is 15.5 Å². The predicted octanol–water partition coefficient (Wildman–Crippen LogP) is 0.0929. The quantitative estimate of drug-likeness (QED) is 0.713. The summed E-state index contributed by atoms with van der Waals surface area (Å²) in [6, 6.07) is 0.632. The molecule has 90 valence electrons. The summed E-state index contributed by atoms with van der Waals surface area (Å²) >= 11 is 0. The molecular weight excluding hydrogens is 202 g/mol. The van der Waals surface area contributed by atoms with Crippen molar-refractivity contribution in [2.45, 2.75) is 43.7 Å². The number of hydrogen-bond donors (Lipinski definition) is 2. The van der Waals surface area contributed by atoms with Crippen LogP contribution in [0.5, 0.6) is 0 Å². The maximum absolute atomic E-state index is 12.5. The van der Waals surface area contributed by atoms with Gasteiger partial charge in [0.05, 0.1) is 5.54 Å². The molecule has 0 spiro atoms. The van der Waals surface area contributed by atoms with Gasteiger partial charge in [0, 0.05) is 32.2 Å². The van der Waals surface area contributed by atoms with Crippen molar-refractivity contribution < 1.29 is 4.79 Å². The Bertz CT molecular complexity index is 278. The molecule has 3 rings (SSSR count). The molecule has 1 amide bonds. The summed E-state index contributed by atoms with van der Waals surface area (Å²) in [7, 11) is 0. The van der Waals surface area contributed by atoms with E-state index >= 15 is 0 Å². The zero-order valence-corrected chi connectivity index (χ0v) is 9.80. The standard InChI is InChI=1S/C12H21N3O/c16-11(15-8-6-13-7-9-15)12(4-1-5-12)14-10-2-3-10/h10,13-14H,1-9H2. The Morgan fingerprint density at radius 2 is 1.94 bits per heavy atom. The van der Waals surface area contributed by atoms with E-state index < -0.39 is 0 Å². The molecule has 1 heterocycles. The minimum atomic E-state index is -0.168. The summed E-state index contributed by atoms with van der Waals surface area (Å²) in [6.45, 7) is 3.66. The van der Waals surface area contributed by atoms with Crippen molar-refractivity contribution in [1.29, 1.82) is 0 Å².